The van der Waals surface area contributed by atoms with Crippen LogP contribution in [0.15, 0.2) is 54.6 Å². The van der Waals surface area contributed by atoms with E-state index in [1.165, 1.54) is 0 Å². The lowest BCUT2D eigenvalue weighted by molar-refractivity contribution is 0.0240. The summed E-state index contributed by atoms with van der Waals surface area (Å²) in [6.45, 7) is 4.17. The average Bonchev–Trinajstić information content (AvgIpc) is 2.61. The minimum Gasteiger partial charge on any atom is -0.388 e. The predicted octanol–water partition coefficient (Wildman–Crippen LogP) is 3.49. The molecule has 0 spiro atoms. The number of rotatable bonds is 5. The monoisotopic (exact) mass is 331 g/mol. The van der Waals surface area contributed by atoms with Crippen molar-refractivity contribution in [3.63, 3.8) is 0 Å². The van der Waals surface area contributed by atoms with E-state index in [2.05, 4.69) is 17.0 Å². The Morgan fingerprint density at radius 1 is 0.957 bits per heavy atom. The SMILES string of the molecule is O[C@@H](c1ccc(Cl)cc1)[C@H](CN1CCOCC1)c1ccccc1. The van der Waals surface area contributed by atoms with Gasteiger partial charge in [-0.15, -0.1) is 0 Å². The standard InChI is InChI=1S/C19H22ClNO2/c20-17-8-6-16(7-9-17)19(22)18(15-4-2-1-3-5-15)14-21-10-12-23-13-11-21/h1-9,18-19,22H,10-14H2/t18-,19+/m1/s1. The second-order valence-corrected chi connectivity index (χ2v) is 6.36. The van der Waals surface area contributed by atoms with Crippen molar-refractivity contribution >= 4 is 11.6 Å². The Hall–Kier alpha value is -1.39. The molecule has 3 rings (SSSR count). The van der Waals surface area contributed by atoms with E-state index in [4.69, 9.17) is 16.3 Å². The zero-order valence-electron chi connectivity index (χ0n) is 13.1. The Labute approximate surface area is 142 Å². The molecule has 0 bridgehead atoms. The van der Waals surface area contributed by atoms with Crippen molar-refractivity contribution < 1.29 is 9.84 Å². The Morgan fingerprint density at radius 3 is 2.26 bits per heavy atom. The highest BCUT2D eigenvalue weighted by atomic mass is 35.5. The van der Waals surface area contributed by atoms with Crippen LogP contribution in [0.3, 0.4) is 0 Å². The molecule has 122 valence electrons. The van der Waals surface area contributed by atoms with Gasteiger partial charge in [-0.05, 0) is 23.3 Å². The third-order valence-corrected chi connectivity index (χ3v) is 4.63. The fourth-order valence-electron chi connectivity index (χ4n) is 3.04. The van der Waals surface area contributed by atoms with Gasteiger partial charge in [0.15, 0.2) is 0 Å². The van der Waals surface area contributed by atoms with Crippen LogP contribution in [0.2, 0.25) is 5.02 Å². The fraction of sp³-hybridized carbons (Fsp3) is 0.368. The van der Waals surface area contributed by atoms with Crippen molar-refractivity contribution in [2.24, 2.45) is 0 Å². The summed E-state index contributed by atoms with van der Waals surface area (Å²) in [6.07, 6.45) is -0.558. The molecule has 0 aromatic heterocycles. The number of ether oxygens (including phenoxy) is 1. The van der Waals surface area contributed by atoms with Crippen LogP contribution < -0.4 is 0 Å². The summed E-state index contributed by atoms with van der Waals surface area (Å²) in [4.78, 5) is 2.36. The summed E-state index contributed by atoms with van der Waals surface area (Å²) in [5, 5.41) is 11.6. The van der Waals surface area contributed by atoms with E-state index in [0.29, 0.717) is 5.02 Å². The minimum atomic E-state index is -0.558. The van der Waals surface area contributed by atoms with Gasteiger partial charge in [-0.25, -0.2) is 0 Å². The molecule has 2 atom stereocenters. The van der Waals surface area contributed by atoms with Crippen LogP contribution in [0, 0.1) is 0 Å². The first-order valence-electron chi connectivity index (χ1n) is 8.02. The first-order valence-corrected chi connectivity index (χ1v) is 8.40. The van der Waals surface area contributed by atoms with Gasteiger partial charge in [0.1, 0.15) is 0 Å². The van der Waals surface area contributed by atoms with Crippen LogP contribution in [0.5, 0.6) is 0 Å². The lowest BCUT2D eigenvalue weighted by Gasteiger charge is -2.33. The molecule has 2 aromatic rings. The molecule has 1 saturated heterocycles. The van der Waals surface area contributed by atoms with E-state index < -0.39 is 6.10 Å². The first kappa shape index (κ1) is 16.5. The number of hydrogen-bond donors (Lipinski definition) is 1. The second-order valence-electron chi connectivity index (χ2n) is 5.93. The Kier molecular flexibility index (Phi) is 5.68. The van der Waals surface area contributed by atoms with Gasteiger partial charge in [0.05, 0.1) is 19.3 Å². The quantitative estimate of drug-likeness (QED) is 0.910. The number of aliphatic hydroxyl groups is 1. The predicted molar refractivity (Wildman–Crippen MR) is 92.9 cm³/mol. The molecule has 1 N–H and O–H groups in total. The summed E-state index contributed by atoms with van der Waals surface area (Å²) in [7, 11) is 0. The largest absolute Gasteiger partial charge is 0.388 e. The number of nitrogens with zero attached hydrogens (tertiary/aromatic N) is 1. The van der Waals surface area contributed by atoms with Gasteiger partial charge in [-0.3, -0.25) is 4.90 Å². The summed E-state index contributed by atoms with van der Waals surface area (Å²) in [6, 6.07) is 17.7. The maximum Gasteiger partial charge on any atom is 0.0870 e. The topological polar surface area (TPSA) is 32.7 Å². The Morgan fingerprint density at radius 2 is 1.61 bits per heavy atom. The summed E-state index contributed by atoms with van der Waals surface area (Å²) < 4.78 is 5.43. The fourth-order valence-corrected chi connectivity index (χ4v) is 3.17. The van der Waals surface area contributed by atoms with Crippen LogP contribution >= 0.6 is 11.6 Å². The van der Waals surface area contributed by atoms with Crippen LogP contribution in [0.4, 0.5) is 0 Å². The van der Waals surface area contributed by atoms with Gasteiger partial charge >= 0.3 is 0 Å². The van der Waals surface area contributed by atoms with Crippen molar-refractivity contribution in [2.45, 2.75) is 12.0 Å². The molecule has 1 heterocycles. The van der Waals surface area contributed by atoms with Crippen molar-refractivity contribution in [1.29, 1.82) is 0 Å². The van der Waals surface area contributed by atoms with Crippen molar-refractivity contribution in [3.8, 4) is 0 Å². The van der Waals surface area contributed by atoms with Crippen LogP contribution in [0.1, 0.15) is 23.1 Å². The molecule has 1 aliphatic rings. The number of benzene rings is 2. The molecule has 2 aromatic carbocycles. The molecule has 0 aliphatic carbocycles. The van der Waals surface area contributed by atoms with Crippen LogP contribution in [0.25, 0.3) is 0 Å². The molecule has 0 unspecified atom stereocenters. The number of hydrogen-bond acceptors (Lipinski definition) is 3. The molecule has 1 fully saturated rings. The molecule has 4 heteroatoms. The second kappa shape index (κ2) is 7.93. The maximum absolute atomic E-state index is 11.0. The average molecular weight is 332 g/mol. The number of morpholine rings is 1. The third kappa shape index (κ3) is 4.33. The van der Waals surface area contributed by atoms with Gasteiger partial charge in [0.2, 0.25) is 0 Å². The molecule has 0 amide bonds. The molecular weight excluding hydrogens is 310 g/mol. The number of halogens is 1. The van der Waals surface area contributed by atoms with Crippen molar-refractivity contribution in [2.75, 3.05) is 32.8 Å². The lowest BCUT2D eigenvalue weighted by Crippen LogP contribution is -2.39. The highest BCUT2D eigenvalue weighted by Gasteiger charge is 2.26. The van der Waals surface area contributed by atoms with Crippen LogP contribution in [-0.4, -0.2) is 42.9 Å². The molecule has 23 heavy (non-hydrogen) atoms. The van der Waals surface area contributed by atoms with Crippen molar-refractivity contribution in [1.82, 2.24) is 4.90 Å². The first-order chi connectivity index (χ1) is 11.2. The minimum absolute atomic E-state index is 0.0236. The van der Waals surface area contributed by atoms with Crippen LogP contribution in [-0.2, 0) is 4.74 Å². The zero-order valence-corrected chi connectivity index (χ0v) is 13.8. The van der Waals surface area contributed by atoms with Crippen molar-refractivity contribution in [3.05, 3.63) is 70.7 Å². The zero-order chi connectivity index (χ0) is 16.1. The molecule has 0 saturated carbocycles. The van der Waals surface area contributed by atoms with Gasteiger partial charge in [-0.1, -0.05) is 54.1 Å². The molecule has 0 radical (unpaired) electrons. The third-order valence-electron chi connectivity index (χ3n) is 4.38. The van der Waals surface area contributed by atoms with E-state index in [1.54, 1.807) is 0 Å². The van der Waals surface area contributed by atoms with E-state index in [-0.39, 0.29) is 5.92 Å². The number of aliphatic hydroxyl groups excluding tert-OH is 1. The van der Waals surface area contributed by atoms with E-state index >= 15 is 0 Å². The Balaban J connectivity index is 1.83. The highest BCUT2D eigenvalue weighted by molar-refractivity contribution is 6.30. The van der Waals surface area contributed by atoms with E-state index in [9.17, 15) is 5.11 Å². The smallest absolute Gasteiger partial charge is 0.0870 e. The summed E-state index contributed by atoms with van der Waals surface area (Å²) in [5.41, 5.74) is 2.05. The lowest BCUT2D eigenvalue weighted by atomic mass is 9.88. The maximum atomic E-state index is 11.0. The molecule has 3 nitrogen and oxygen atoms in total. The highest BCUT2D eigenvalue weighted by Crippen LogP contribution is 2.32. The Bertz CT molecular complexity index is 597. The normalized spacial score (nSPS) is 18.5. The summed E-state index contributed by atoms with van der Waals surface area (Å²) >= 11 is 5.96. The van der Waals surface area contributed by atoms with E-state index in [1.807, 2.05) is 42.5 Å². The van der Waals surface area contributed by atoms with Gasteiger partial charge in [0, 0.05) is 30.6 Å². The van der Waals surface area contributed by atoms with Gasteiger partial charge < -0.3 is 9.84 Å². The molecular formula is C19H22ClNO2. The summed E-state index contributed by atoms with van der Waals surface area (Å²) in [5.74, 6) is 0.0236. The van der Waals surface area contributed by atoms with Gasteiger partial charge in [0.25, 0.3) is 0 Å². The molecule has 1 aliphatic heterocycles. The van der Waals surface area contributed by atoms with E-state index in [0.717, 1.165) is 44.0 Å². The van der Waals surface area contributed by atoms with Gasteiger partial charge in [-0.2, -0.15) is 0 Å².